The number of hydrogen-bond acceptors (Lipinski definition) is 8. The summed E-state index contributed by atoms with van der Waals surface area (Å²) < 4.78 is 0. The predicted octanol–water partition coefficient (Wildman–Crippen LogP) is 1.46. The summed E-state index contributed by atoms with van der Waals surface area (Å²) in [6.45, 7) is -0.170. The number of tetrazole rings is 1. The summed E-state index contributed by atoms with van der Waals surface area (Å²) in [6, 6.07) is 13.9. The van der Waals surface area contributed by atoms with Crippen molar-refractivity contribution in [3.63, 3.8) is 0 Å². The number of nitrogens with one attached hydrogen (secondary N) is 1. The summed E-state index contributed by atoms with van der Waals surface area (Å²) in [6.07, 6.45) is 1.33. The molecule has 2 aromatic carbocycles. The van der Waals surface area contributed by atoms with Crippen molar-refractivity contribution < 1.29 is 9.72 Å². The Labute approximate surface area is 165 Å². The van der Waals surface area contributed by atoms with Crippen molar-refractivity contribution in [1.82, 2.24) is 25.6 Å². The first-order valence-electron chi connectivity index (χ1n) is 8.55. The van der Waals surface area contributed by atoms with E-state index in [-0.39, 0.29) is 12.2 Å². The Morgan fingerprint density at radius 3 is 2.72 bits per heavy atom. The molecule has 0 aliphatic heterocycles. The zero-order valence-corrected chi connectivity index (χ0v) is 15.8. The van der Waals surface area contributed by atoms with Gasteiger partial charge in [0.05, 0.1) is 11.1 Å². The number of amides is 1. The Balaban J connectivity index is 1.61. The number of hydrogen-bond donors (Lipinski definition) is 1. The van der Waals surface area contributed by atoms with Gasteiger partial charge in [0.1, 0.15) is 12.2 Å². The van der Waals surface area contributed by atoms with Crippen molar-refractivity contribution in [2.45, 2.75) is 6.54 Å². The van der Waals surface area contributed by atoms with Crippen LogP contribution in [0.5, 0.6) is 0 Å². The molecule has 0 saturated carbocycles. The average molecular weight is 394 g/mol. The topological polar surface area (TPSA) is 131 Å². The maximum absolute atomic E-state index is 12.0. The maximum atomic E-state index is 12.0. The molecule has 0 spiro atoms. The van der Waals surface area contributed by atoms with Crippen molar-refractivity contribution in [3.8, 4) is 11.4 Å². The minimum Gasteiger partial charge on any atom is -0.372 e. The Morgan fingerprint density at radius 2 is 2.03 bits per heavy atom. The second kappa shape index (κ2) is 8.69. The van der Waals surface area contributed by atoms with E-state index in [4.69, 9.17) is 0 Å². The number of carbonyl (C=O) groups is 1. The van der Waals surface area contributed by atoms with E-state index in [1.165, 1.54) is 12.3 Å². The fraction of sp³-hybridized carbons (Fsp3) is 0.167. The number of carbonyl (C=O) groups excluding carboxylic acids is 1. The highest BCUT2D eigenvalue weighted by atomic mass is 16.6. The molecule has 0 aliphatic rings. The minimum absolute atomic E-state index is 0.0504. The molecule has 0 fully saturated rings. The first kappa shape index (κ1) is 19.6. The van der Waals surface area contributed by atoms with Crippen LogP contribution in [0, 0.1) is 10.1 Å². The van der Waals surface area contributed by atoms with Crippen LogP contribution in [0.2, 0.25) is 0 Å². The molecule has 29 heavy (non-hydrogen) atoms. The van der Waals surface area contributed by atoms with Crippen molar-refractivity contribution >= 4 is 23.5 Å². The third-order valence-electron chi connectivity index (χ3n) is 3.85. The number of benzene rings is 2. The first-order chi connectivity index (χ1) is 13.9. The average Bonchev–Trinajstić information content (AvgIpc) is 3.16. The van der Waals surface area contributed by atoms with Gasteiger partial charge < -0.3 is 4.90 Å². The molecule has 3 aromatic rings. The SMILES string of the molecule is CN(C)c1ccc(/C=N/NC(=O)Cn2nnc(-c3ccccc3)n2)cc1[N+](=O)[O-]. The number of rotatable bonds is 7. The molecule has 0 radical (unpaired) electrons. The second-order valence-corrected chi connectivity index (χ2v) is 6.20. The van der Waals surface area contributed by atoms with Gasteiger partial charge in [-0.15, -0.1) is 10.2 Å². The molecule has 148 valence electrons. The lowest BCUT2D eigenvalue weighted by Crippen LogP contribution is -2.24. The van der Waals surface area contributed by atoms with Crippen LogP contribution >= 0.6 is 0 Å². The lowest BCUT2D eigenvalue weighted by molar-refractivity contribution is -0.384. The largest absolute Gasteiger partial charge is 0.372 e. The molecule has 0 atom stereocenters. The zero-order chi connectivity index (χ0) is 20.8. The predicted molar refractivity (Wildman–Crippen MR) is 106 cm³/mol. The molecule has 3 rings (SSSR count). The summed E-state index contributed by atoms with van der Waals surface area (Å²) in [5.41, 5.74) is 4.03. The van der Waals surface area contributed by atoms with E-state index in [1.54, 1.807) is 31.1 Å². The van der Waals surface area contributed by atoms with Crippen LogP contribution in [0.1, 0.15) is 5.56 Å². The van der Waals surface area contributed by atoms with Gasteiger partial charge in [-0.3, -0.25) is 14.9 Å². The van der Waals surface area contributed by atoms with Crippen LogP contribution in [-0.2, 0) is 11.3 Å². The Bertz CT molecular complexity index is 1050. The molecule has 0 bridgehead atoms. The van der Waals surface area contributed by atoms with Gasteiger partial charge in [-0.1, -0.05) is 36.4 Å². The van der Waals surface area contributed by atoms with Crippen molar-refractivity contribution in [2.24, 2.45) is 5.10 Å². The number of nitro groups is 1. The van der Waals surface area contributed by atoms with Crippen molar-refractivity contribution in [3.05, 3.63) is 64.2 Å². The Morgan fingerprint density at radius 1 is 1.28 bits per heavy atom. The standard InChI is InChI=1S/C18H18N8O3/c1-24(2)15-9-8-13(10-16(15)26(28)29)11-19-20-17(27)12-25-22-18(21-23-25)14-6-4-3-5-7-14/h3-11H,12H2,1-2H3,(H,20,27)/b19-11+. The molecule has 0 unspecified atom stereocenters. The van der Waals surface area contributed by atoms with Crippen LogP contribution in [0.3, 0.4) is 0 Å². The number of aromatic nitrogens is 4. The molecular formula is C18H18N8O3. The molecule has 1 aromatic heterocycles. The summed E-state index contributed by atoms with van der Waals surface area (Å²) in [4.78, 5) is 25.5. The van der Waals surface area contributed by atoms with Gasteiger partial charge >= 0.3 is 0 Å². The summed E-state index contributed by atoms with van der Waals surface area (Å²) in [7, 11) is 3.44. The monoisotopic (exact) mass is 394 g/mol. The third kappa shape index (κ3) is 4.97. The van der Waals surface area contributed by atoms with E-state index < -0.39 is 10.8 Å². The lowest BCUT2D eigenvalue weighted by Gasteiger charge is -2.12. The lowest BCUT2D eigenvalue weighted by atomic mass is 10.2. The highest BCUT2D eigenvalue weighted by Gasteiger charge is 2.15. The summed E-state index contributed by atoms with van der Waals surface area (Å²) in [5, 5.41) is 26.9. The molecule has 1 amide bonds. The van der Waals surface area contributed by atoms with Gasteiger partial charge in [-0.05, 0) is 11.3 Å². The van der Waals surface area contributed by atoms with Gasteiger partial charge in [0.2, 0.25) is 5.82 Å². The molecule has 0 aliphatic carbocycles. The Hall–Kier alpha value is -4.15. The van der Waals surface area contributed by atoms with Crippen LogP contribution in [-0.4, -0.2) is 51.3 Å². The van der Waals surface area contributed by atoms with Crippen molar-refractivity contribution in [2.75, 3.05) is 19.0 Å². The van der Waals surface area contributed by atoms with Crippen LogP contribution < -0.4 is 10.3 Å². The molecule has 1 N–H and O–H groups in total. The highest BCUT2D eigenvalue weighted by Crippen LogP contribution is 2.27. The van der Waals surface area contributed by atoms with E-state index in [0.717, 1.165) is 10.4 Å². The normalized spacial score (nSPS) is 10.8. The van der Waals surface area contributed by atoms with Crippen LogP contribution in [0.15, 0.2) is 53.6 Å². The van der Waals surface area contributed by atoms with Gasteiger partial charge in [0.25, 0.3) is 11.6 Å². The number of hydrazone groups is 1. The van der Waals surface area contributed by atoms with E-state index >= 15 is 0 Å². The fourth-order valence-corrected chi connectivity index (χ4v) is 2.50. The van der Waals surface area contributed by atoms with E-state index in [2.05, 4.69) is 25.9 Å². The zero-order valence-electron chi connectivity index (χ0n) is 15.8. The number of nitro benzene ring substituents is 1. The van der Waals surface area contributed by atoms with Crippen molar-refractivity contribution in [1.29, 1.82) is 0 Å². The minimum atomic E-state index is -0.466. The number of anilines is 1. The third-order valence-corrected chi connectivity index (χ3v) is 3.85. The van der Waals surface area contributed by atoms with Gasteiger partial charge in [0, 0.05) is 31.3 Å². The molecule has 0 saturated heterocycles. The first-order valence-corrected chi connectivity index (χ1v) is 8.55. The second-order valence-electron chi connectivity index (χ2n) is 6.20. The quantitative estimate of drug-likeness (QED) is 0.364. The van der Waals surface area contributed by atoms with Crippen LogP contribution in [0.4, 0.5) is 11.4 Å². The van der Waals surface area contributed by atoms with Gasteiger partial charge in [-0.25, -0.2) is 5.43 Å². The maximum Gasteiger partial charge on any atom is 0.293 e. The summed E-state index contributed by atoms with van der Waals surface area (Å²) >= 11 is 0. The van der Waals surface area contributed by atoms with Gasteiger partial charge in [0.15, 0.2) is 0 Å². The number of nitrogens with zero attached hydrogens (tertiary/aromatic N) is 7. The van der Waals surface area contributed by atoms with Gasteiger partial charge in [-0.2, -0.15) is 9.90 Å². The summed E-state index contributed by atoms with van der Waals surface area (Å²) in [5.74, 6) is -0.0483. The molecular weight excluding hydrogens is 376 g/mol. The Kier molecular flexibility index (Phi) is 5.88. The smallest absolute Gasteiger partial charge is 0.293 e. The van der Waals surface area contributed by atoms with E-state index in [1.807, 2.05) is 30.3 Å². The molecule has 1 heterocycles. The fourth-order valence-electron chi connectivity index (χ4n) is 2.50. The molecule has 11 nitrogen and oxygen atoms in total. The van der Waals surface area contributed by atoms with Crippen LogP contribution in [0.25, 0.3) is 11.4 Å². The van der Waals surface area contributed by atoms with E-state index in [0.29, 0.717) is 17.1 Å². The van der Waals surface area contributed by atoms with E-state index in [9.17, 15) is 14.9 Å². The highest BCUT2D eigenvalue weighted by molar-refractivity contribution is 5.84. The molecule has 11 heteroatoms.